The van der Waals surface area contributed by atoms with Crippen molar-refractivity contribution in [2.75, 3.05) is 0 Å². The highest BCUT2D eigenvalue weighted by Crippen LogP contribution is 2.56. The average Bonchev–Trinajstić information content (AvgIpc) is 2.53. The van der Waals surface area contributed by atoms with Crippen molar-refractivity contribution < 1.29 is 9.22 Å². The maximum Gasteiger partial charge on any atom is 0.192 e. The number of rotatable bonds is 2. The Bertz CT molecular complexity index is 498. The van der Waals surface area contributed by atoms with Crippen molar-refractivity contribution in [3.05, 3.63) is 12.2 Å². The van der Waals surface area contributed by atoms with Crippen LogP contribution in [-0.4, -0.2) is 20.2 Å². The molecule has 23 heavy (non-hydrogen) atoms. The Morgan fingerprint density at radius 1 is 1.17 bits per heavy atom. The number of fused-ring (bicyclic) bond motifs is 1. The second-order valence-corrected chi connectivity index (χ2v) is 14.8. The van der Waals surface area contributed by atoms with Crippen molar-refractivity contribution >= 4 is 14.1 Å². The standard InChI is InChI=1S/C20H36O2Si/c1-18(2,3)23(7,8)22-17-13-14-20(6)15(19(17,4)5)11-9-10-12-16(20)21/h10,12,15,17H,9,11,13-14H2,1-8H3/t15?,17-,20-/m0/s1. The summed E-state index contributed by atoms with van der Waals surface area (Å²) < 4.78 is 6.84. The topological polar surface area (TPSA) is 26.3 Å². The predicted molar refractivity (Wildman–Crippen MR) is 100 cm³/mol. The summed E-state index contributed by atoms with van der Waals surface area (Å²) in [6, 6.07) is 0. The SMILES string of the molecule is CC1(C)C2CCC=CC(=O)[C@@]2(C)CC[C@@H]1O[Si](C)(C)C(C)(C)C. The van der Waals surface area contributed by atoms with Gasteiger partial charge in [0.15, 0.2) is 14.1 Å². The molecule has 1 saturated carbocycles. The van der Waals surface area contributed by atoms with Crippen molar-refractivity contribution in [2.24, 2.45) is 16.7 Å². The van der Waals surface area contributed by atoms with Crippen molar-refractivity contribution in [3.8, 4) is 0 Å². The largest absolute Gasteiger partial charge is 0.413 e. The van der Waals surface area contributed by atoms with Crippen molar-refractivity contribution in [2.45, 2.75) is 91.5 Å². The van der Waals surface area contributed by atoms with E-state index in [9.17, 15) is 4.79 Å². The number of allylic oxidation sites excluding steroid dienone is 2. The van der Waals surface area contributed by atoms with E-state index < -0.39 is 8.32 Å². The van der Waals surface area contributed by atoms with Gasteiger partial charge >= 0.3 is 0 Å². The summed E-state index contributed by atoms with van der Waals surface area (Å²) in [5, 5.41) is 0.227. The summed E-state index contributed by atoms with van der Waals surface area (Å²) in [4.78, 5) is 12.7. The van der Waals surface area contributed by atoms with E-state index >= 15 is 0 Å². The molecule has 0 aliphatic heterocycles. The van der Waals surface area contributed by atoms with Gasteiger partial charge in [-0.05, 0) is 61.2 Å². The second-order valence-electron chi connectivity index (χ2n) is 10.0. The molecule has 2 aliphatic rings. The number of carbonyl (C=O) groups excluding carboxylic acids is 1. The highest BCUT2D eigenvalue weighted by Gasteiger charge is 2.55. The number of ketones is 1. The minimum Gasteiger partial charge on any atom is -0.413 e. The molecule has 0 heterocycles. The Hall–Kier alpha value is -0.413. The first-order valence-corrected chi connectivity index (χ1v) is 12.1. The van der Waals surface area contributed by atoms with E-state index in [0.717, 1.165) is 25.7 Å². The molecule has 3 heteroatoms. The number of hydrogen-bond acceptors (Lipinski definition) is 2. The normalized spacial score (nSPS) is 34.9. The summed E-state index contributed by atoms with van der Waals surface area (Å²) in [5.74, 6) is 0.736. The molecule has 0 aromatic rings. The van der Waals surface area contributed by atoms with Gasteiger partial charge in [0.2, 0.25) is 0 Å². The van der Waals surface area contributed by atoms with Crippen LogP contribution in [0.5, 0.6) is 0 Å². The van der Waals surface area contributed by atoms with Crippen LogP contribution < -0.4 is 0 Å². The van der Waals surface area contributed by atoms with Gasteiger partial charge in [-0.15, -0.1) is 0 Å². The zero-order valence-corrected chi connectivity index (χ0v) is 17.5. The van der Waals surface area contributed by atoms with E-state index in [1.54, 1.807) is 0 Å². The fraction of sp³-hybridized carbons (Fsp3) is 0.850. The fourth-order valence-corrected chi connectivity index (χ4v) is 5.88. The molecule has 1 fully saturated rings. The minimum atomic E-state index is -1.79. The number of hydrogen-bond donors (Lipinski definition) is 0. The van der Waals surface area contributed by atoms with Crippen LogP contribution in [0, 0.1) is 16.7 Å². The Balaban J connectivity index is 2.30. The predicted octanol–water partition coefficient (Wildman–Crippen LogP) is 5.74. The molecule has 132 valence electrons. The van der Waals surface area contributed by atoms with E-state index in [2.05, 4.69) is 60.7 Å². The van der Waals surface area contributed by atoms with Crippen molar-refractivity contribution in [3.63, 3.8) is 0 Å². The van der Waals surface area contributed by atoms with Crippen LogP contribution in [0.15, 0.2) is 12.2 Å². The molecular weight excluding hydrogens is 300 g/mol. The molecule has 1 unspecified atom stereocenters. The van der Waals surface area contributed by atoms with Crippen LogP contribution in [0.2, 0.25) is 18.1 Å². The molecule has 2 rings (SSSR count). The van der Waals surface area contributed by atoms with Gasteiger partial charge in [-0.2, -0.15) is 0 Å². The zero-order valence-electron chi connectivity index (χ0n) is 16.5. The van der Waals surface area contributed by atoms with Crippen LogP contribution in [0.25, 0.3) is 0 Å². The second kappa shape index (κ2) is 5.84. The van der Waals surface area contributed by atoms with Gasteiger partial charge in [0, 0.05) is 5.41 Å². The summed E-state index contributed by atoms with van der Waals surface area (Å²) in [6.45, 7) is 18.5. The molecule has 2 aliphatic carbocycles. The van der Waals surface area contributed by atoms with Crippen molar-refractivity contribution in [1.82, 2.24) is 0 Å². The summed E-state index contributed by atoms with van der Waals surface area (Å²) in [7, 11) is -1.79. The van der Waals surface area contributed by atoms with E-state index in [-0.39, 0.29) is 22.0 Å². The zero-order chi connectivity index (χ0) is 17.7. The lowest BCUT2D eigenvalue weighted by atomic mass is 9.53. The van der Waals surface area contributed by atoms with Gasteiger partial charge in [-0.3, -0.25) is 4.79 Å². The van der Waals surface area contributed by atoms with Crippen molar-refractivity contribution in [1.29, 1.82) is 0 Å². The van der Waals surface area contributed by atoms with Crippen LogP contribution in [0.1, 0.15) is 67.2 Å². The number of carbonyl (C=O) groups is 1. The molecule has 0 amide bonds. The quantitative estimate of drug-likeness (QED) is 0.601. The molecule has 0 aromatic carbocycles. The monoisotopic (exact) mass is 336 g/mol. The van der Waals surface area contributed by atoms with Crippen LogP contribution in [0.3, 0.4) is 0 Å². The maximum absolute atomic E-state index is 12.7. The molecule has 0 spiro atoms. The highest BCUT2D eigenvalue weighted by atomic mass is 28.4. The molecule has 0 saturated heterocycles. The minimum absolute atomic E-state index is 0.0458. The molecule has 3 atom stereocenters. The Labute approximate surface area is 144 Å². The lowest BCUT2D eigenvalue weighted by Crippen LogP contribution is -2.56. The van der Waals surface area contributed by atoms with Crippen LogP contribution in [-0.2, 0) is 9.22 Å². The van der Waals surface area contributed by atoms with Crippen LogP contribution in [0.4, 0.5) is 0 Å². The van der Waals surface area contributed by atoms with E-state index in [1.807, 2.05) is 6.08 Å². The Morgan fingerprint density at radius 3 is 2.35 bits per heavy atom. The summed E-state index contributed by atoms with van der Waals surface area (Å²) in [6.07, 6.45) is 8.27. The Morgan fingerprint density at radius 2 is 1.78 bits per heavy atom. The summed E-state index contributed by atoms with van der Waals surface area (Å²) >= 11 is 0. The molecule has 0 N–H and O–H groups in total. The molecule has 0 aromatic heterocycles. The smallest absolute Gasteiger partial charge is 0.192 e. The maximum atomic E-state index is 12.7. The van der Waals surface area contributed by atoms with Gasteiger partial charge in [0.05, 0.1) is 6.10 Å². The van der Waals surface area contributed by atoms with E-state index in [1.165, 1.54) is 0 Å². The molecule has 0 bridgehead atoms. The molecular formula is C20H36O2Si. The van der Waals surface area contributed by atoms with Gasteiger partial charge in [0.1, 0.15) is 0 Å². The molecule has 0 radical (unpaired) electrons. The van der Waals surface area contributed by atoms with Gasteiger partial charge in [-0.25, -0.2) is 0 Å². The highest BCUT2D eigenvalue weighted by molar-refractivity contribution is 6.74. The van der Waals surface area contributed by atoms with Gasteiger partial charge < -0.3 is 4.43 Å². The third kappa shape index (κ3) is 3.24. The molecule has 2 nitrogen and oxygen atoms in total. The fourth-order valence-electron chi connectivity index (χ4n) is 4.39. The third-order valence-electron chi connectivity index (χ3n) is 7.12. The third-order valence-corrected chi connectivity index (χ3v) is 11.6. The first-order chi connectivity index (χ1) is 10.3. The van der Waals surface area contributed by atoms with E-state index in [4.69, 9.17) is 4.43 Å². The van der Waals surface area contributed by atoms with E-state index in [0.29, 0.717) is 11.7 Å². The van der Waals surface area contributed by atoms with Crippen LogP contribution >= 0.6 is 0 Å². The first kappa shape index (κ1) is 18.9. The summed E-state index contributed by atoms with van der Waals surface area (Å²) in [5.41, 5.74) is -0.159. The van der Waals surface area contributed by atoms with Gasteiger partial charge in [0.25, 0.3) is 0 Å². The Kier molecular flexibility index (Phi) is 4.80. The lowest BCUT2D eigenvalue weighted by Gasteiger charge is -2.55. The lowest BCUT2D eigenvalue weighted by molar-refractivity contribution is -0.141. The van der Waals surface area contributed by atoms with Gasteiger partial charge in [-0.1, -0.05) is 47.6 Å². The first-order valence-electron chi connectivity index (χ1n) is 9.21. The average molecular weight is 337 g/mol.